The Morgan fingerprint density at radius 2 is 1.94 bits per heavy atom. The van der Waals surface area contributed by atoms with Crippen molar-refractivity contribution in [3.05, 3.63) is 35.4 Å². The van der Waals surface area contributed by atoms with Crippen LogP contribution in [0.1, 0.15) is 15.9 Å². The number of carbonyl (C=O) groups excluding carboxylic acids is 1. The highest BCUT2D eigenvalue weighted by molar-refractivity contribution is 7.99. The van der Waals surface area contributed by atoms with Gasteiger partial charge >= 0.3 is 0 Å². The van der Waals surface area contributed by atoms with Crippen molar-refractivity contribution in [3.8, 4) is 0 Å². The Morgan fingerprint density at radius 3 is 2.53 bits per heavy atom. The minimum absolute atomic E-state index is 0.0223. The van der Waals surface area contributed by atoms with Crippen molar-refractivity contribution in [2.24, 2.45) is 0 Å². The Bertz CT molecular complexity index is 372. The molecule has 1 fully saturated rings. The summed E-state index contributed by atoms with van der Waals surface area (Å²) in [5.41, 5.74) is 2.01. The number of nitrogens with zero attached hydrogens (tertiary/aromatic N) is 1. The Hall–Kier alpha value is -1.00. The summed E-state index contributed by atoms with van der Waals surface area (Å²) in [7, 11) is 1.65. The SMILES string of the molecule is CNC(=O)c1ccc(CN2CCSCC2)cc1. The molecule has 2 rings (SSSR count). The zero-order chi connectivity index (χ0) is 12.1. The molecule has 1 amide bonds. The van der Waals surface area contributed by atoms with Gasteiger partial charge in [-0.15, -0.1) is 0 Å². The van der Waals surface area contributed by atoms with Gasteiger partial charge in [-0.1, -0.05) is 12.1 Å². The summed E-state index contributed by atoms with van der Waals surface area (Å²) >= 11 is 2.02. The molecule has 1 aliphatic rings. The molecule has 92 valence electrons. The molecule has 0 saturated carbocycles. The Kier molecular flexibility index (Phi) is 4.45. The second-order valence-corrected chi connectivity index (χ2v) is 5.39. The lowest BCUT2D eigenvalue weighted by atomic mass is 10.1. The molecule has 1 saturated heterocycles. The van der Waals surface area contributed by atoms with Gasteiger partial charge in [-0.3, -0.25) is 9.69 Å². The molecule has 0 spiro atoms. The van der Waals surface area contributed by atoms with Crippen molar-refractivity contribution in [2.75, 3.05) is 31.6 Å². The van der Waals surface area contributed by atoms with E-state index in [0.29, 0.717) is 0 Å². The number of thioether (sulfide) groups is 1. The van der Waals surface area contributed by atoms with Crippen LogP contribution in [-0.4, -0.2) is 42.4 Å². The Balaban J connectivity index is 1.95. The van der Waals surface area contributed by atoms with E-state index in [1.54, 1.807) is 7.05 Å². The van der Waals surface area contributed by atoms with Crippen LogP contribution in [0.25, 0.3) is 0 Å². The number of benzene rings is 1. The van der Waals surface area contributed by atoms with E-state index in [9.17, 15) is 4.79 Å². The van der Waals surface area contributed by atoms with E-state index >= 15 is 0 Å². The topological polar surface area (TPSA) is 32.3 Å². The predicted molar refractivity (Wildman–Crippen MR) is 72.4 cm³/mol. The maximum Gasteiger partial charge on any atom is 0.251 e. The molecule has 4 heteroatoms. The van der Waals surface area contributed by atoms with Crippen molar-refractivity contribution in [3.63, 3.8) is 0 Å². The van der Waals surface area contributed by atoms with E-state index < -0.39 is 0 Å². The van der Waals surface area contributed by atoms with Gasteiger partial charge in [0.25, 0.3) is 5.91 Å². The van der Waals surface area contributed by atoms with Crippen molar-refractivity contribution >= 4 is 17.7 Å². The smallest absolute Gasteiger partial charge is 0.251 e. The zero-order valence-corrected chi connectivity index (χ0v) is 10.9. The average molecular weight is 250 g/mol. The number of rotatable bonds is 3. The summed E-state index contributed by atoms with van der Waals surface area (Å²) in [6, 6.07) is 7.89. The average Bonchev–Trinajstić information content (AvgIpc) is 2.40. The van der Waals surface area contributed by atoms with E-state index in [2.05, 4.69) is 10.2 Å². The van der Waals surface area contributed by atoms with Crippen molar-refractivity contribution in [1.29, 1.82) is 0 Å². The minimum atomic E-state index is -0.0223. The number of carbonyl (C=O) groups is 1. The van der Waals surface area contributed by atoms with Crippen LogP contribution in [0.3, 0.4) is 0 Å². The third-order valence-corrected chi connectivity index (χ3v) is 3.90. The lowest BCUT2D eigenvalue weighted by Gasteiger charge is -2.26. The number of nitrogens with one attached hydrogen (secondary N) is 1. The summed E-state index contributed by atoms with van der Waals surface area (Å²) in [5.74, 6) is 2.44. The second-order valence-electron chi connectivity index (χ2n) is 4.16. The molecule has 0 aliphatic carbocycles. The van der Waals surface area contributed by atoms with Crippen LogP contribution in [0.4, 0.5) is 0 Å². The molecule has 1 aliphatic heterocycles. The minimum Gasteiger partial charge on any atom is -0.355 e. The first-order valence-corrected chi connectivity index (χ1v) is 7.06. The maximum atomic E-state index is 11.4. The quantitative estimate of drug-likeness (QED) is 0.884. The molecule has 1 heterocycles. The van der Waals surface area contributed by atoms with Crippen LogP contribution < -0.4 is 5.32 Å². The summed E-state index contributed by atoms with van der Waals surface area (Å²) in [4.78, 5) is 13.9. The molecule has 1 N–H and O–H groups in total. The van der Waals surface area contributed by atoms with Gasteiger partial charge in [0.05, 0.1) is 0 Å². The Labute approximate surface area is 107 Å². The molecule has 0 unspecified atom stereocenters. The normalized spacial score (nSPS) is 16.8. The van der Waals surface area contributed by atoms with Gasteiger partial charge in [-0.25, -0.2) is 0 Å². The number of hydrogen-bond acceptors (Lipinski definition) is 3. The summed E-state index contributed by atoms with van der Waals surface area (Å²) in [6.45, 7) is 3.33. The number of hydrogen-bond donors (Lipinski definition) is 1. The van der Waals surface area contributed by atoms with E-state index in [0.717, 1.165) is 12.1 Å². The predicted octanol–water partition coefficient (Wildman–Crippen LogP) is 1.60. The highest BCUT2D eigenvalue weighted by atomic mass is 32.2. The second kappa shape index (κ2) is 6.07. The third kappa shape index (κ3) is 3.48. The van der Waals surface area contributed by atoms with Gasteiger partial charge in [-0.05, 0) is 17.7 Å². The van der Waals surface area contributed by atoms with Crippen LogP contribution in [0.5, 0.6) is 0 Å². The summed E-state index contributed by atoms with van der Waals surface area (Å²) in [6.07, 6.45) is 0. The molecule has 1 aromatic carbocycles. The monoisotopic (exact) mass is 250 g/mol. The fourth-order valence-electron chi connectivity index (χ4n) is 1.92. The summed E-state index contributed by atoms with van der Waals surface area (Å²) in [5, 5.41) is 2.63. The van der Waals surface area contributed by atoms with Gasteiger partial charge < -0.3 is 5.32 Å². The molecular formula is C13H18N2OS. The van der Waals surface area contributed by atoms with Crippen molar-refractivity contribution in [1.82, 2.24) is 10.2 Å². The lowest BCUT2D eigenvalue weighted by Crippen LogP contribution is -2.31. The van der Waals surface area contributed by atoms with Gasteiger partial charge in [0.1, 0.15) is 0 Å². The van der Waals surface area contributed by atoms with Gasteiger partial charge in [-0.2, -0.15) is 11.8 Å². The first-order chi connectivity index (χ1) is 8.29. The van der Waals surface area contributed by atoms with Gasteiger partial charge in [0.2, 0.25) is 0 Å². The van der Waals surface area contributed by atoms with E-state index in [4.69, 9.17) is 0 Å². The largest absolute Gasteiger partial charge is 0.355 e. The Morgan fingerprint density at radius 1 is 1.29 bits per heavy atom. The fraction of sp³-hybridized carbons (Fsp3) is 0.462. The van der Waals surface area contributed by atoms with Gasteiger partial charge in [0.15, 0.2) is 0 Å². The van der Waals surface area contributed by atoms with Crippen LogP contribution in [0.2, 0.25) is 0 Å². The van der Waals surface area contributed by atoms with E-state index in [-0.39, 0.29) is 5.91 Å². The van der Waals surface area contributed by atoms with Gasteiger partial charge in [0, 0.05) is 43.8 Å². The molecule has 0 atom stereocenters. The number of amides is 1. The first-order valence-electron chi connectivity index (χ1n) is 5.91. The van der Waals surface area contributed by atoms with E-state index in [1.807, 2.05) is 36.0 Å². The van der Waals surface area contributed by atoms with Crippen LogP contribution in [0.15, 0.2) is 24.3 Å². The van der Waals surface area contributed by atoms with Crippen LogP contribution >= 0.6 is 11.8 Å². The zero-order valence-electron chi connectivity index (χ0n) is 10.1. The summed E-state index contributed by atoms with van der Waals surface area (Å²) < 4.78 is 0. The van der Waals surface area contributed by atoms with Crippen molar-refractivity contribution < 1.29 is 4.79 Å². The molecule has 0 radical (unpaired) electrons. The maximum absolute atomic E-state index is 11.4. The van der Waals surface area contributed by atoms with Crippen LogP contribution in [-0.2, 0) is 6.54 Å². The molecule has 3 nitrogen and oxygen atoms in total. The molecule has 17 heavy (non-hydrogen) atoms. The molecular weight excluding hydrogens is 232 g/mol. The first kappa shape index (κ1) is 12.5. The standard InChI is InChI=1S/C13H18N2OS/c1-14-13(16)12-4-2-11(3-5-12)10-15-6-8-17-9-7-15/h2-5H,6-10H2,1H3,(H,14,16). The van der Waals surface area contributed by atoms with Crippen molar-refractivity contribution in [2.45, 2.75) is 6.54 Å². The molecule has 1 aromatic rings. The van der Waals surface area contributed by atoms with Crippen LogP contribution in [0, 0.1) is 0 Å². The highest BCUT2D eigenvalue weighted by Gasteiger charge is 2.10. The lowest BCUT2D eigenvalue weighted by molar-refractivity contribution is 0.0963. The fourth-order valence-corrected chi connectivity index (χ4v) is 2.90. The molecule has 0 bridgehead atoms. The third-order valence-electron chi connectivity index (χ3n) is 2.95. The van der Waals surface area contributed by atoms with E-state index in [1.165, 1.54) is 30.2 Å². The highest BCUT2D eigenvalue weighted by Crippen LogP contribution is 2.13. The molecule has 0 aromatic heterocycles.